The number of carboxylic acids is 1. The molecule has 1 saturated heterocycles. The Morgan fingerprint density at radius 1 is 1.31 bits per heavy atom. The number of piperidine rings is 1. The van der Waals surface area contributed by atoms with Gasteiger partial charge in [-0.15, -0.1) is 11.8 Å². The highest BCUT2D eigenvalue weighted by Gasteiger charge is 2.44. The van der Waals surface area contributed by atoms with E-state index < -0.39 is 11.0 Å². The minimum atomic E-state index is -0.902. The number of thioether (sulfide) groups is 1. The molecule has 0 saturated carbocycles. The molecule has 2 unspecified atom stereocenters. The summed E-state index contributed by atoms with van der Waals surface area (Å²) >= 11 is 1.45. The molecule has 1 fully saturated rings. The van der Waals surface area contributed by atoms with Gasteiger partial charge in [0.1, 0.15) is 5.78 Å². The Kier molecular flexibility index (Phi) is 6.09. The number of benzene rings is 1. The summed E-state index contributed by atoms with van der Waals surface area (Å²) in [4.78, 5) is 23.6. The molecular weight excluding hydrogens is 350 g/mol. The molecule has 2 heterocycles. The fraction of sp³-hybridized carbons (Fsp3) is 0.579. The summed E-state index contributed by atoms with van der Waals surface area (Å²) in [7, 11) is 0. The zero-order valence-corrected chi connectivity index (χ0v) is 15.9. The predicted molar refractivity (Wildman–Crippen MR) is 106 cm³/mol. The number of ketones is 1. The third kappa shape index (κ3) is 4.32. The molecule has 142 valence electrons. The van der Waals surface area contributed by atoms with Crippen molar-refractivity contribution in [1.29, 1.82) is 0 Å². The summed E-state index contributed by atoms with van der Waals surface area (Å²) in [5, 5.41) is 19.3. The molecule has 2 aliphatic heterocycles. The molecule has 0 bridgehead atoms. The van der Waals surface area contributed by atoms with Crippen LogP contribution in [0.5, 0.6) is 0 Å². The van der Waals surface area contributed by atoms with Crippen LogP contribution in [-0.2, 0) is 9.59 Å². The van der Waals surface area contributed by atoms with Crippen molar-refractivity contribution in [2.24, 2.45) is 5.92 Å². The van der Waals surface area contributed by atoms with E-state index in [1.807, 2.05) is 31.2 Å². The second-order valence-electron chi connectivity index (χ2n) is 7.05. The Labute approximate surface area is 158 Å². The van der Waals surface area contributed by atoms with Gasteiger partial charge < -0.3 is 21.1 Å². The van der Waals surface area contributed by atoms with E-state index >= 15 is 0 Å². The maximum Gasteiger partial charge on any atom is 0.308 e. The summed E-state index contributed by atoms with van der Waals surface area (Å²) in [5.74, 6) is -0.449. The minimum absolute atomic E-state index is 0.109. The van der Waals surface area contributed by atoms with Crippen molar-refractivity contribution < 1.29 is 14.7 Å². The van der Waals surface area contributed by atoms with Crippen LogP contribution < -0.4 is 16.0 Å². The van der Waals surface area contributed by atoms with Crippen LogP contribution in [0.4, 0.5) is 11.4 Å². The van der Waals surface area contributed by atoms with Crippen molar-refractivity contribution >= 4 is 34.9 Å². The third-order valence-corrected chi connectivity index (χ3v) is 6.56. The van der Waals surface area contributed by atoms with Crippen LogP contribution in [0.1, 0.15) is 39.0 Å². The lowest BCUT2D eigenvalue weighted by atomic mass is 9.92. The van der Waals surface area contributed by atoms with Crippen LogP contribution in [-0.4, -0.2) is 40.2 Å². The molecular formula is C19H27N3O3S. The standard InChI is InChI=1S/C19H27N3O3S/c1-2-6-16(23)18(13-7-5-10-20-12-13)26-19(11-17(24)25)21-14-8-3-4-9-15(14)22-19/h3-4,8-9,13,18,20-22H,2,5-7,10-12H2,1H3,(H,24,25). The SMILES string of the molecule is CCCC(=O)C(SC1(CC(=O)O)Nc2ccccc2N1)C1CCCNC1. The number of nitrogens with one attached hydrogen (secondary N) is 3. The predicted octanol–water partition coefficient (Wildman–Crippen LogP) is 3.12. The molecule has 4 N–H and O–H groups in total. The van der Waals surface area contributed by atoms with Gasteiger partial charge in [0.25, 0.3) is 0 Å². The molecule has 0 aromatic heterocycles. The van der Waals surface area contributed by atoms with Crippen LogP contribution in [0.25, 0.3) is 0 Å². The highest BCUT2D eigenvalue weighted by atomic mass is 32.2. The van der Waals surface area contributed by atoms with E-state index in [0.717, 1.165) is 43.7 Å². The summed E-state index contributed by atoms with van der Waals surface area (Å²) in [6.45, 7) is 3.80. The van der Waals surface area contributed by atoms with E-state index in [-0.39, 0.29) is 23.4 Å². The van der Waals surface area contributed by atoms with Crippen molar-refractivity contribution in [1.82, 2.24) is 5.32 Å². The van der Waals surface area contributed by atoms with Gasteiger partial charge in [-0.05, 0) is 50.4 Å². The van der Waals surface area contributed by atoms with Crippen molar-refractivity contribution in [2.75, 3.05) is 23.7 Å². The van der Waals surface area contributed by atoms with Gasteiger partial charge in [0.15, 0.2) is 4.99 Å². The lowest BCUT2D eigenvalue weighted by Crippen LogP contribution is -2.47. The van der Waals surface area contributed by atoms with Gasteiger partial charge in [-0.3, -0.25) is 9.59 Å². The van der Waals surface area contributed by atoms with Gasteiger partial charge in [-0.25, -0.2) is 0 Å². The van der Waals surface area contributed by atoms with Crippen LogP contribution in [0.3, 0.4) is 0 Å². The van der Waals surface area contributed by atoms with E-state index in [2.05, 4.69) is 16.0 Å². The fourth-order valence-electron chi connectivity index (χ4n) is 3.74. The van der Waals surface area contributed by atoms with Crippen LogP contribution in [0, 0.1) is 5.92 Å². The van der Waals surface area contributed by atoms with Crippen molar-refractivity contribution in [3.05, 3.63) is 24.3 Å². The molecule has 0 amide bonds. The van der Waals surface area contributed by atoms with Crippen molar-refractivity contribution in [3.8, 4) is 0 Å². The summed E-state index contributed by atoms with van der Waals surface area (Å²) < 4.78 is 0. The normalized spacial score (nSPS) is 22.0. The molecule has 26 heavy (non-hydrogen) atoms. The molecule has 3 rings (SSSR count). The Morgan fingerprint density at radius 2 is 2.00 bits per heavy atom. The second-order valence-corrected chi connectivity index (χ2v) is 8.49. The van der Waals surface area contributed by atoms with Gasteiger partial charge in [0, 0.05) is 6.42 Å². The van der Waals surface area contributed by atoms with Gasteiger partial charge in [0.2, 0.25) is 0 Å². The number of carboxylic acid groups (broad SMARTS) is 1. The topological polar surface area (TPSA) is 90.5 Å². The number of para-hydroxylation sites is 2. The Morgan fingerprint density at radius 3 is 2.54 bits per heavy atom. The van der Waals surface area contributed by atoms with Gasteiger partial charge in [-0.2, -0.15) is 0 Å². The average molecular weight is 378 g/mol. The minimum Gasteiger partial charge on any atom is -0.481 e. The molecule has 0 radical (unpaired) electrons. The number of hydrogen-bond acceptors (Lipinski definition) is 6. The molecule has 1 aromatic rings. The van der Waals surface area contributed by atoms with Crippen LogP contribution in [0.15, 0.2) is 24.3 Å². The lowest BCUT2D eigenvalue weighted by molar-refractivity contribution is -0.137. The first kappa shape index (κ1) is 19.0. The number of rotatable bonds is 8. The molecule has 6 nitrogen and oxygen atoms in total. The van der Waals surface area contributed by atoms with Crippen molar-refractivity contribution in [3.63, 3.8) is 0 Å². The molecule has 2 atom stereocenters. The monoisotopic (exact) mass is 377 g/mol. The number of anilines is 2. The quantitative estimate of drug-likeness (QED) is 0.553. The first-order chi connectivity index (χ1) is 12.5. The largest absolute Gasteiger partial charge is 0.481 e. The smallest absolute Gasteiger partial charge is 0.308 e. The number of hydrogen-bond donors (Lipinski definition) is 4. The molecule has 2 aliphatic rings. The maximum absolute atomic E-state index is 12.9. The summed E-state index contributed by atoms with van der Waals surface area (Å²) in [6, 6.07) is 7.69. The number of carbonyl (C=O) groups excluding carboxylic acids is 1. The molecule has 1 aromatic carbocycles. The number of carbonyl (C=O) groups is 2. The highest BCUT2D eigenvalue weighted by molar-refractivity contribution is 8.02. The Hall–Kier alpha value is -1.73. The van der Waals surface area contributed by atoms with E-state index in [0.29, 0.717) is 6.42 Å². The number of fused-ring (bicyclic) bond motifs is 1. The Bertz CT molecular complexity index is 636. The lowest BCUT2D eigenvalue weighted by Gasteiger charge is -2.37. The highest BCUT2D eigenvalue weighted by Crippen LogP contribution is 2.45. The zero-order valence-electron chi connectivity index (χ0n) is 15.1. The number of aliphatic carboxylic acids is 1. The first-order valence-corrected chi connectivity index (χ1v) is 10.2. The van der Waals surface area contributed by atoms with Gasteiger partial charge in [-0.1, -0.05) is 19.1 Å². The summed E-state index contributed by atoms with van der Waals surface area (Å²) in [5.41, 5.74) is 1.76. The molecule has 0 spiro atoms. The van der Waals surface area contributed by atoms with E-state index in [1.165, 1.54) is 11.8 Å². The van der Waals surface area contributed by atoms with Crippen molar-refractivity contribution in [2.45, 2.75) is 49.3 Å². The van der Waals surface area contributed by atoms with E-state index in [1.54, 1.807) is 0 Å². The van der Waals surface area contributed by atoms with Gasteiger partial charge >= 0.3 is 5.97 Å². The summed E-state index contributed by atoms with van der Waals surface area (Å²) in [6.07, 6.45) is 3.28. The maximum atomic E-state index is 12.9. The molecule has 0 aliphatic carbocycles. The number of Topliss-reactive ketones (excluding diaryl/α,β-unsaturated/α-hetero) is 1. The molecule has 7 heteroatoms. The zero-order chi connectivity index (χ0) is 18.6. The van der Waals surface area contributed by atoms with Crippen LogP contribution in [0.2, 0.25) is 0 Å². The fourth-order valence-corrected chi connectivity index (χ4v) is 5.39. The van der Waals surface area contributed by atoms with E-state index in [4.69, 9.17) is 0 Å². The third-order valence-electron chi connectivity index (χ3n) is 4.91. The average Bonchev–Trinajstić information content (AvgIpc) is 2.98. The Balaban J connectivity index is 1.85. The first-order valence-electron chi connectivity index (χ1n) is 9.31. The second kappa shape index (κ2) is 8.31. The van der Waals surface area contributed by atoms with Crippen LogP contribution >= 0.6 is 11.8 Å². The van der Waals surface area contributed by atoms with E-state index in [9.17, 15) is 14.7 Å². The van der Waals surface area contributed by atoms with Gasteiger partial charge in [0.05, 0.1) is 23.0 Å².